The molecule has 9 heteroatoms. The molecule has 1 aliphatic heterocycles. The summed E-state index contributed by atoms with van der Waals surface area (Å²) < 4.78 is 5.58. The molecule has 1 unspecified atom stereocenters. The predicted octanol–water partition coefficient (Wildman–Crippen LogP) is 2.21. The minimum Gasteiger partial charge on any atom is -0.479 e. The predicted molar refractivity (Wildman–Crippen MR) is 119 cm³/mol. The summed E-state index contributed by atoms with van der Waals surface area (Å²) in [7, 11) is 0. The molecule has 0 spiro atoms. The van der Waals surface area contributed by atoms with Gasteiger partial charge in [0.2, 0.25) is 11.8 Å². The van der Waals surface area contributed by atoms with Gasteiger partial charge in [-0.25, -0.2) is 9.59 Å². The first-order valence-electron chi connectivity index (χ1n) is 11.9. The van der Waals surface area contributed by atoms with E-state index in [2.05, 4.69) is 10.6 Å². The van der Waals surface area contributed by atoms with Crippen molar-refractivity contribution in [3.05, 3.63) is 11.6 Å². The quantitative estimate of drug-likeness (QED) is 0.521. The number of allylic oxidation sites excluding steroid dienone is 1. The average molecular weight is 462 g/mol. The van der Waals surface area contributed by atoms with Gasteiger partial charge in [-0.2, -0.15) is 0 Å². The minimum atomic E-state index is -1.36. The molecule has 0 aromatic carbocycles. The van der Waals surface area contributed by atoms with Crippen molar-refractivity contribution in [2.24, 2.45) is 17.3 Å². The van der Waals surface area contributed by atoms with E-state index in [4.69, 9.17) is 4.74 Å². The maximum atomic E-state index is 13.5. The Morgan fingerprint density at radius 1 is 1.18 bits per heavy atom. The standard InChI is InChI=1S/C24H35N3O6/c1-5-15-12-24(15,21(30)31)26-19(28)17-7-6-8-27(17)20(29)18(23(2,3)4)25-22(32)33-16-10-13-9-14(13)11-16/h5,13-14,16-18H,6-12H2,1-4H3,(H,25,32)(H,26,28)(H,30,31)/b15-5+/t13-,14+,16?,17-,18+,24+/m0/s1. The van der Waals surface area contributed by atoms with Crippen LogP contribution in [0, 0.1) is 17.3 Å². The van der Waals surface area contributed by atoms with Gasteiger partial charge in [0.15, 0.2) is 5.54 Å². The second-order valence-corrected chi connectivity index (χ2v) is 11.1. The Labute approximate surface area is 194 Å². The van der Waals surface area contributed by atoms with Gasteiger partial charge in [-0.1, -0.05) is 26.8 Å². The van der Waals surface area contributed by atoms with Gasteiger partial charge in [-0.15, -0.1) is 0 Å². The van der Waals surface area contributed by atoms with E-state index in [-0.39, 0.29) is 18.4 Å². The van der Waals surface area contributed by atoms with Crippen LogP contribution in [0.5, 0.6) is 0 Å². The normalized spacial score (nSPS) is 34.4. The molecule has 1 heterocycles. The number of carboxylic acids is 1. The first kappa shape index (κ1) is 23.6. The molecule has 0 bridgehead atoms. The number of alkyl carbamates (subject to hydrolysis) is 1. The molecular weight excluding hydrogens is 426 g/mol. The lowest BCUT2D eigenvalue weighted by Crippen LogP contribution is -2.59. The number of amides is 3. The van der Waals surface area contributed by atoms with Gasteiger partial charge < -0.3 is 25.4 Å². The van der Waals surface area contributed by atoms with Crippen LogP contribution in [-0.4, -0.2) is 64.2 Å². The zero-order valence-corrected chi connectivity index (χ0v) is 19.8. The number of nitrogens with zero attached hydrogens (tertiary/aromatic N) is 1. The summed E-state index contributed by atoms with van der Waals surface area (Å²) in [5.41, 5.74) is -1.31. The highest BCUT2D eigenvalue weighted by molar-refractivity contribution is 5.98. The number of hydrogen-bond donors (Lipinski definition) is 3. The monoisotopic (exact) mass is 461 g/mol. The Hall–Kier alpha value is -2.58. The Kier molecular flexibility index (Phi) is 5.95. The van der Waals surface area contributed by atoms with Crippen molar-refractivity contribution in [1.82, 2.24) is 15.5 Å². The van der Waals surface area contributed by atoms with E-state index in [1.165, 1.54) is 11.3 Å². The second-order valence-electron chi connectivity index (χ2n) is 11.1. The van der Waals surface area contributed by atoms with Crippen molar-refractivity contribution in [2.45, 2.75) is 89.9 Å². The van der Waals surface area contributed by atoms with E-state index in [1.54, 1.807) is 13.0 Å². The molecule has 0 radical (unpaired) electrons. The fourth-order valence-electron chi connectivity index (χ4n) is 5.45. The van der Waals surface area contributed by atoms with E-state index in [0.717, 1.165) is 12.8 Å². The molecule has 0 aromatic rings. The number of rotatable bonds is 6. The third-order valence-corrected chi connectivity index (χ3v) is 7.62. The highest BCUT2D eigenvalue weighted by Gasteiger charge is 2.58. The first-order valence-corrected chi connectivity index (χ1v) is 11.9. The lowest BCUT2D eigenvalue weighted by atomic mass is 9.85. The molecule has 6 atom stereocenters. The van der Waals surface area contributed by atoms with E-state index in [0.29, 0.717) is 36.8 Å². The summed E-state index contributed by atoms with van der Waals surface area (Å²) in [6.45, 7) is 7.68. The number of hydrogen-bond acceptors (Lipinski definition) is 5. The van der Waals surface area contributed by atoms with Gasteiger partial charge in [0.25, 0.3) is 0 Å². The highest BCUT2D eigenvalue weighted by atomic mass is 16.6. The summed E-state index contributed by atoms with van der Waals surface area (Å²) in [6.07, 6.45) is 5.35. The molecule has 33 heavy (non-hydrogen) atoms. The van der Waals surface area contributed by atoms with Gasteiger partial charge in [-0.05, 0) is 61.9 Å². The molecule has 4 aliphatic rings. The molecule has 1 saturated heterocycles. The van der Waals surface area contributed by atoms with Gasteiger partial charge in [-0.3, -0.25) is 9.59 Å². The van der Waals surface area contributed by atoms with Crippen LogP contribution in [0.3, 0.4) is 0 Å². The molecule has 9 nitrogen and oxygen atoms in total. The van der Waals surface area contributed by atoms with Crippen molar-refractivity contribution in [3.63, 3.8) is 0 Å². The molecule has 3 aliphatic carbocycles. The first-order chi connectivity index (χ1) is 15.5. The van der Waals surface area contributed by atoms with Crippen LogP contribution in [-0.2, 0) is 19.1 Å². The third kappa shape index (κ3) is 4.59. The van der Waals surface area contributed by atoms with Crippen molar-refractivity contribution in [1.29, 1.82) is 0 Å². The van der Waals surface area contributed by atoms with E-state index >= 15 is 0 Å². The number of carbonyl (C=O) groups is 4. The Morgan fingerprint density at radius 2 is 1.85 bits per heavy atom. The molecule has 3 amide bonds. The number of carboxylic acid groups (broad SMARTS) is 1. The summed E-state index contributed by atoms with van der Waals surface area (Å²) in [5, 5.41) is 15.0. The number of aliphatic carboxylic acids is 1. The molecule has 3 saturated carbocycles. The van der Waals surface area contributed by atoms with Crippen LogP contribution in [0.25, 0.3) is 0 Å². The zero-order valence-electron chi connectivity index (χ0n) is 19.8. The zero-order chi connectivity index (χ0) is 24.1. The molecule has 4 rings (SSSR count). The van der Waals surface area contributed by atoms with Crippen molar-refractivity contribution in [2.75, 3.05) is 6.54 Å². The summed E-state index contributed by atoms with van der Waals surface area (Å²) >= 11 is 0. The maximum absolute atomic E-state index is 13.5. The Balaban J connectivity index is 1.42. The number of ether oxygens (including phenoxy) is 1. The van der Waals surface area contributed by atoms with E-state index in [1.807, 2.05) is 20.8 Å². The maximum Gasteiger partial charge on any atom is 0.408 e. The third-order valence-electron chi connectivity index (χ3n) is 7.62. The van der Waals surface area contributed by atoms with Crippen molar-refractivity contribution >= 4 is 23.9 Å². The van der Waals surface area contributed by atoms with Crippen LogP contribution >= 0.6 is 0 Å². The number of fused-ring (bicyclic) bond motifs is 1. The summed E-state index contributed by atoms with van der Waals surface area (Å²) in [6, 6.07) is -1.63. The minimum absolute atomic E-state index is 0.0960. The molecular formula is C24H35N3O6. The topological polar surface area (TPSA) is 125 Å². The van der Waals surface area contributed by atoms with Crippen molar-refractivity contribution < 1.29 is 29.0 Å². The summed E-state index contributed by atoms with van der Waals surface area (Å²) in [5.74, 6) is -0.564. The van der Waals surface area contributed by atoms with Crippen LogP contribution in [0.2, 0.25) is 0 Å². The average Bonchev–Trinajstić information content (AvgIpc) is 3.50. The van der Waals surface area contributed by atoms with Crippen LogP contribution < -0.4 is 10.6 Å². The molecule has 182 valence electrons. The van der Waals surface area contributed by atoms with Gasteiger partial charge >= 0.3 is 12.1 Å². The number of carbonyl (C=O) groups excluding carboxylic acids is 3. The highest BCUT2D eigenvalue weighted by Crippen LogP contribution is 2.52. The van der Waals surface area contributed by atoms with Gasteiger partial charge in [0, 0.05) is 13.0 Å². The number of nitrogens with one attached hydrogen (secondary N) is 2. The SMILES string of the molecule is C/C=C1\C[C@]1(NC(=O)[C@@H]1CCCN1C(=O)[C@@H](NC(=O)OC1C[C@@H]2C[C@@H]2C1)C(C)(C)C)C(=O)O. The van der Waals surface area contributed by atoms with Gasteiger partial charge in [0.05, 0.1) is 0 Å². The fourth-order valence-corrected chi connectivity index (χ4v) is 5.45. The number of likely N-dealkylation sites (tertiary alicyclic amines) is 1. The Morgan fingerprint density at radius 3 is 2.39 bits per heavy atom. The largest absolute Gasteiger partial charge is 0.479 e. The van der Waals surface area contributed by atoms with E-state index < -0.39 is 41.0 Å². The molecule has 3 N–H and O–H groups in total. The van der Waals surface area contributed by atoms with Crippen LogP contribution in [0.1, 0.15) is 66.2 Å². The second kappa shape index (κ2) is 8.33. The Bertz CT molecular complexity index is 883. The van der Waals surface area contributed by atoms with Crippen LogP contribution in [0.15, 0.2) is 11.6 Å². The van der Waals surface area contributed by atoms with Crippen LogP contribution in [0.4, 0.5) is 4.79 Å². The lowest BCUT2D eigenvalue weighted by Gasteiger charge is -2.35. The molecule has 4 fully saturated rings. The summed E-state index contributed by atoms with van der Waals surface area (Å²) in [4.78, 5) is 52.4. The fraction of sp³-hybridized carbons (Fsp3) is 0.750. The van der Waals surface area contributed by atoms with Gasteiger partial charge in [0.1, 0.15) is 18.2 Å². The smallest absolute Gasteiger partial charge is 0.408 e. The van der Waals surface area contributed by atoms with E-state index in [9.17, 15) is 24.3 Å². The van der Waals surface area contributed by atoms with Crippen molar-refractivity contribution in [3.8, 4) is 0 Å². The molecule has 0 aromatic heterocycles. The lowest BCUT2D eigenvalue weighted by molar-refractivity contribution is -0.145.